The first kappa shape index (κ1) is 15.8. The van der Waals surface area contributed by atoms with Gasteiger partial charge in [0.15, 0.2) is 11.9 Å². The number of nitrogen functional groups attached to an aromatic ring is 1. The number of hydrogen-bond donors (Lipinski definition) is 1. The molecule has 22 heavy (non-hydrogen) atoms. The normalized spacial score (nSPS) is 11.1. The molecule has 2 aromatic rings. The molecule has 2 aromatic carbocycles. The minimum Gasteiger partial charge on any atom is -0.478 e. The number of nitrogens with two attached hydrogens (primary N) is 1. The van der Waals surface area contributed by atoms with Gasteiger partial charge >= 0.3 is 0 Å². The summed E-state index contributed by atoms with van der Waals surface area (Å²) in [6.07, 6.45) is 0.734. The Labute approximate surface area is 129 Å². The largest absolute Gasteiger partial charge is 0.478 e. The number of benzene rings is 2. The monoisotopic (exact) mass is 302 g/mol. The van der Waals surface area contributed by atoms with Crippen LogP contribution in [0.2, 0.25) is 0 Å². The van der Waals surface area contributed by atoms with Crippen molar-refractivity contribution in [1.82, 2.24) is 0 Å². The van der Waals surface area contributed by atoms with Crippen LogP contribution in [0.3, 0.4) is 0 Å². The highest BCUT2D eigenvalue weighted by Crippen LogP contribution is 2.36. The lowest BCUT2D eigenvalue weighted by Gasteiger charge is -2.27. The van der Waals surface area contributed by atoms with Crippen LogP contribution < -0.4 is 15.4 Å². The van der Waals surface area contributed by atoms with Crippen molar-refractivity contribution in [2.24, 2.45) is 0 Å². The van der Waals surface area contributed by atoms with Crippen LogP contribution in [0.1, 0.15) is 13.8 Å². The van der Waals surface area contributed by atoms with E-state index in [1.807, 2.05) is 11.9 Å². The summed E-state index contributed by atoms with van der Waals surface area (Å²) in [5.41, 5.74) is 6.90. The van der Waals surface area contributed by atoms with Crippen molar-refractivity contribution in [3.05, 3.63) is 48.3 Å². The average Bonchev–Trinajstić information content (AvgIpc) is 2.47. The van der Waals surface area contributed by atoms with Crippen LogP contribution in [0.4, 0.5) is 21.5 Å². The second-order valence-corrected chi connectivity index (χ2v) is 5.59. The number of halogens is 1. The minimum atomic E-state index is -0.966. The fourth-order valence-corrected chi connectivity index (χ4v) is 2.00. The van der Waals surface area contributed by atoms with E-state index in [1.165, 1.54) is 12.1 Å². The Kier molecular flexibility index (Phi) is 4.35. The molecule has 0 spiro atoms. The molecule has 0 heterocycles. The molecule has 0 fully saturated rings. The number of ether oxygens (including phenoxy) is 1. The van der Waals surface area contributed by atoms with E-state index in [0.29, 0.717) is 11.4 Å². The fraction of sp³-hybridized carbons (Fsp3) is 0.235. The number of hydrogen-bond acceptors (Lipinski definition) is 4. The van der Waals surface area contributed by atoms with Crippen molar-refractivity contribution in [2.45, 2.75) is 19.4 Å². The van der Waals surface area contributed by atoms with E-state index >= 15 is 0 Å². The summed E-state index contributed by atoms with van der Waals surface area (Å²) in [7, 11) is 1.83. The number of nitrogens with zero attached hydrogens (tertiary/aromatic N) is 1. The molecule has 0 aromatic heterocycles. The zero-order chi connectivity index (χ0) is 16.3. The SMILES string of the molecule is CN(c1ccc(F)cc1)c1ccc(N)cc1OC(C)(C)C=O. The Hall–Kier alpha value is -2.56. The highest BCUT2D eigenvalue weighted by Gasteiger charge is 2.21. The highest BCUT2D eigenvalue weighted by atomic mass is 19.1. The standard InChI is InChI=1S/C17H19FN2O2/c1-17(2,11-21)22-16-10-13(19)6-9-15(16)20(3)14-7-4-12(18)5-8-14/h4-11H,19H2,1-3H3. The van der Waals surface area contributed by atoms with Crippen molar-refractivity contribution < 1.29 is 13.9 Å². The molecule has 116 valence electrons. The smallest absolute Gasteiger partial charge is 0.162 e. The Morgan fingerprint density at radius 1 is 1.18 bits per heavy atom. The van der Waals surface area contributed by atoms with Gasteiger partial charge in [0.1, 0.15) is 11.6 Å². The molecule has 2 N–H and O–H groups in total. The van der Waals surface area contributed by atoms with Crippen molar-refractivity contribution >= 4 is 23.3 Å². The predicted molar refractivity (Wildman–Crippen MR) is 86.1 cm³/mol. The van der Waals surface area contributed by atoms with E-state index in [4.69, 9.17) is 10.5 Å². The van der Waals surface area contributed by atoms with Gasteiger partial charge in [0.05, 0.1) is 5.69 Å². The Morgan fingerprint density at radius 3 is 2.41 bits per heavy atom. The van der Waals surface area contributed by atoms with Crippen molar-refractivity contribution in [3.8, 4) is 5.75 Å². The van der Waals surface area contributed by atoms with E-state index in [0.717, 1.165) is 17.7 Å². The first-order chi connectivity index (χ1) is 10.3. The summed E-state index contributed by atoms with van der Waals surface area (Å²) >= 11 is 0. The maximum absolute atomic E-state index is 13.1. The van der Waals surface area contributed by atoms with E-state index < -0.39 is 5.60 Å². The van der Waals surface area contributed by atoms with E-state index in [-0.39, 0.29) is 5.82 Å². The van der Waals surface area contributed by atoms with Gasteiger partial charge < -0.3 is 15.4 Å². The van der Waals surface area contributed by atoms with Crippen LogP contribution in [0.5, 0.6) is 5.75 Å². The first-order valence-electron chi connectivity index (χ1n) is 6.86. The van der Waals surface area contributed by atoms with Crippen LogP contribution in [0, 0.1) is 5.82 Å². The van der Waals surface area contributed by atoms with Crippen LogP contribution in [-0.2, 0) is 4.79 Å². The second-order valence-electron chi connectivity index (χ2n) is 5.59. The minimum absolute atomic E-state index is 0.298. The third kappa shape index (κ3) is 3.55. The van der Waals surface area contributed by atoms with Crippen molar-refractivity contribution in [3.63, 3.8) is 0 Å². The number of anilines is 3. The maximum atomic E-state index is 13.1. The summed E-state index contributed by atoms with van der Waals surface area (Å²) in [4.78, 5) is 12.9. The van der Waals surface area contributed by atoms with Gasteiger partial charge in [-0.1, -0.05) is 0 Å². The number of carbonyl (C=O) groups is 1. The third-order valence-electron chi connectivity index (χ3n) is 3.22. The molecule has 0 aliphatic rings. The van der Waals surface area contributed by atoms with E-state index in [9.17, 15) is 9.18 Å². The number of rotatable bonds is 5. The van der Waals surface area contributed by atoms with Gasteiger partial charge in [-0.15, -0.1) is 0 Å². The van der Waals surface area contributed by atoms with Crippen molar-refractivity contribution in [2.75, 3.05) is 17.7 Å². The van der Waals surface area contributed by atoms with Crippen LogP contribution in [0.25, 0.3) is 0 Å². The third-order valence-corrected chi connectivity index (χ3v) is 3.22. The molecule has 0 radical (unpaired) electrons. The average molecular weight is 302 g/mol. The molecule has 0 unspecified atom stereocenters. The van der Waals surface area contributed by atoms with E-state index in [1.54, 1.807) is 44.2 Å². The van der Waals surface area contributed by atoms with Gasteiger partial charge in [0, 0.05) is 24.5 Å². The molecular formula is C17H19FN2O2. The molecule has 4 nitrogen and oxygen atoms in total. The van der Waals surface area contributed by atoms with Gasteiger partial charge in [-0.2, -0.15) is 0 Å². The zero-order valence-electron chi connectivity index (χ0n) is 12.8. The van der Waals surface area contributed by atoms with E-state index in [2.05, 4.69) is 0 Å². The lowest BCUT2D eigenvalue weighted by atomic mass is 10.1. The molecular weight excluding hydrogens is 283 g/mol. The van der Waals surface area contributed by atoms with Crippen molar-refractivity contribution in [1.29, 1.82) is 0 Å². The molecule has 0 atom stereocenters. The predicted octanol–water partition coefficient (Wildman–Crippen LogP) is 3.53. The summed E-state index contributed by atoms with van der Waals surface area (Å²) in [5.74, 6) is 0.192. The number of aldehydes is 1. The quantitative estimate of drug-likeness (QED) is 0.678. The van der Waals surface area contributed by atoms with Crippen LogP contribution in [-0.4, -0.2) is 18.9 Å². The molecule has 0 aliphatic heterocycles. The van der Waals surface area contributed by atoms with Crippen LogP contribution in [0.15, 0.2) is 42.5 Å². The lowest BCUT2D eigenvalue weighted by Crippen LogP contribution is -2.30. The molecule has 2 rings (SSSR count). The zero-order valence-corrected chi connectivity index (χ0v) is 12.8. The Balaban J connectivity index is 2.41. The second kappa shape index (κ2) is 6.05. The van der Waals surface area contributed by atoms with Gasteiger partial charge in [-0.05, 0) is 50.2 Å². The topological polar surface area (TPSA) is 55.6 Å². The summed E-state index contributed by atoms with van der Waals surface area (Å²) in [5, 5.41) is 0. The summed E-state index contributed by atoms with van der Waals surface area (Å²) in [6.45, 7) is 3.34. The summed E-state index contributed by atoms with van der Waals surface area (Å²) in [6, 6.07) is 11.3. The van der Waals surface area contributed by atoms with Gasteiger partial charge in [0.25, 0.3) is 0 Å². The maximum Gasteiger partial charge on any atom is 0.162 e. The molecule has 0 amide bonds. The lowest BCUT2D eigenvalue weighted by molar-refractivity contribution is -0.118. The van der Waals surface area contributed by atoms with Gasteiger partial charge in [0.2, 0.25) is 0 Å². The Bertz CT molecular complexity index is 669. The molecule has 5 heteroatoms. The molecule has 0 aliphatic carbocycles. The van der Waals surface area contributed by atoms with Crippen LogP contribution >= 0.6 is 0 Å². The summed E-state index contributed by atoms with van der Waals surface area (Å²) < 4.78 is 18.8. The number of carbonyl (C=O) groups excluding carboxylic acids is 1. The first-order valence-corrected chi connectivity index (χ1v) is 6.86. The molecule has 0 bridgehead atoms. The van der Waals surface area contributed by atoms with Gasteiger partial charge in [-0.25, -0.2) is 4.39 Å². The van der Waals surface area contributed by atoms with Gasteiger partial charge in [-0.3, -0.25) is 4.79 Å². The molecule has 0 saturated heterocycles. The Morgan fingerprint density at radius 2 is 1.82 bits per heavy atom. The molecule has 0 saturated carbocycles. The fourth-order valence-electron chi connectivity index (χ4n) is 2.00. The highest BCUT2D eigenvalue weighted by molar-refractivity contribution is 5.72.